The topological polar surface area (TPSA) is 65.1 Å². The summed E-state index contributed by atoms with van der Waals surface area (Å²) in [5.41, 5.74) is 1.02. The second kappa shape index (κ2) is 7.12. The van der Waals surface area contributed by atoms with Gasteiger partial charge in [-0.25, -0.2) is 0 Å². The monoisotopic (exact) mass is 337 g/mol. The zero-order chi connectivity index (χ0) is 16.2. The molecule has 1 saturated heterocycles. The quantitative estimate of drug-likeness (QED) is 0.769. The Labute approximate surface area is 139 Å². The minimum atomic E-state index is -0.327. The summed E-state index contributed by atoms with van der Waals surface area (Å²) in [6.45, 7) is 3.02. The second-order valence-electron chi connectivity index (χ2n) is 5.23. The first-order chi connectivity index (χ1) is 11.2. The van der Waals surface area contributed by atoms with Crippen LogP contribution in [0.4, 0.5) is 0 Å². The second-order valence-corrected chi connectivity index (χ2v) is 6.42. The number of nitrogens with zero attached hydrogens (tertiary/aromatic N) is 1. The van der Waals surface area contributed by atoms with Gasteiger partial charge in [0, 0.05) is 18.7 Å². The van der Waals surface area contributed by atoms with Crippen molar-refractivity contribution in [1.29, 1.82) is 0 Å². The zero-order valence-electron chi connectivity index (χ0n) is 12.9. The van der Waals surface area contributed by atoms with Crippen LogP contribution in [0.3, 0.4) is 0 Å². The molecule has 1 aromatic rings. The van der Waals surface area contributed by atoms with E-state index in [2.05, 4.69) is 0 Å². The van der Waals surface area contributed by atoms with Crippen molar-refractivity contribution in [3.63, 3.8) is 0 Å². The smallest absolute Gasteiger partial charge is 0.306 e. The van der Waals surface area contributed by atoms with Gasteiger partial charge < -0.3 is 19.1 Å². The molecule has 23 heavy (non-hydrogen) atoms. The van der Waals surface area contributed by atoms with Crippen molar-refractivity contribution in [1.82, 2.24) is 4.90 Å². The molecule has 6 nitrogen and oxygen atoms in total. The van der Waals surface area contributed by atoms with E-state index in [1.807, 2.05) is 23.1 Å². The summed E-state index contributed by atoms with van der Waals surface area (Å²) < 4.78 is 15.6. The van der Waals surface area contributed by atoms with Gasteiger partial charge in [-0.15, -0.1) is 11.8 Å². The molecule has 2 heterocycles. The predicted octanol–water partition coefficient (Wildman–Crippen LogP) is 2.33. The molecule has 0 saturated carbocycles. The number of amides is 1. The van der Waals surface area contributed by atoms with Crippen LogP contribution in [0.5, 0.6) is 11.5 Å². The van der Waals surface area contributed by atoms with Crippen molar-refractivity contribution in [3.05, 3.63) is 23.8 Å². The maximum atomic E-state index is 12.4. The molecular formula is C16H19NO5S. The molecule has 0 radical (unpaired) electrons. The van der Waals surface area contributed by atoms with E-state index in [4.69, 9.17) is 14.2 Å². The number of esters is 1. The Morgan fingerprint density at radius 1 is 1.30 bits per heavy atom. The normalized spacial score (nSPS) is 19.0. The summed E-state index contributed by atoms with van der Waals surface area (Å²) in [4.78, 5) is 25.7. The van der Waals surface area contributed by atoms with Crippen molar-refractivity contribution in [2.24, 2.45) is 0 Å². The fraction of sp³-hybridized carbons (Fsp3) is 0.500. The number of benzene rings is 1. The number of hydrogen-bond acceptors (Lipinski definition) is 6. The van der Waals surface area contributed by atoms with Gasteiger partial charge >= 0.3 is 5.97 Å². The van der Waals surface area contributed by atoms with Crippen LogP contribution in [0.2, 0.25) is 0 Å². The van der Waals surface area contributed by atoms with E-state index < -0.39 is 0 Å². The molecule has 0 aromatic heterocycles. The number of fused-ring (bicyclic) bond motifs is 1. The molecule has 3 rings (SSSR count). The van der Waals surface area contributed by atoms with E-state index in [0.717, 1.165) is 17.1 Å². The maximum Gasteiger partial charge on any atom is 0.306 e. The standard InChI is InChI=1S/C16H19NO5S/c1-2-20-15(19)6-5-14(18)17-7-8-23-16(17)11-3-4-12-13(9-11)22-10-21-12/h3-4,9,16H,2,5-8,10H2,1H3/t16-/m1/s1. The highest BCUT2D eigenvalue weighted by Gasteiger charge is 2.31. The molecule has 0 N–H and O–H groups in total. The summed E-state index contributed by atoms with van der Waals surface area (Å²) in [6.07, 6.45) is 0.308. The number of hydrogen-bond donors (Lipinski definition) is 0. The minimum Gasteiger partial charge on any atom is -0.466 e. The van der Waals surface area contributed by atoms with Gasteiger partial charge in [0.1, 0.15) is 5.37 Å². The Kier molecular flexibility index (Phi) is 4.95. The lowest BCUT2D eigenvalue weighted by atomic mass is 10.1. The van der Waals surface area contributed by atoms with E-state index in [0.29, 0.717) is 18.9 Å². The molecular weight excluding hydrogens is 318 g/mol. The Balaban J connectivity index is 1.65. The summed E-state index contributed by atoms with van der Waals surface area (Å²) in [6, 6.07) is 5.76. The number of carbonyl (C=O) groups is 2. The van der Waals surface area contributed by atoms with Crippen LogP contribution in [-0.2, 0) is 14.3 Å². The first-order valence-electron chi connectivity index (χ1n) is 7.65. The van der Waals surface area contributed by atoms with Crippen LogP contribution in [0.25, 0.3) is 0 Å². The van der Waals surface area contributed by atoms with Gasteiger partial charge in [0.25, 0.3) is 0 Å². The molecule has 1 amide bonds. The van der Waals surface area contributed by atoms with Crippen molar-refractivity contribution in [2.75, 3.05) is 25.7 Å². The summed E-state index contributed by atoms with van der Waals surface area (Å²) >= 11 is 1.71. The van der Waals surface area contributed by atoms with Gasteiger partial charge in [0.15, 0.2) is 11.5 Å². The Bertz CT molecular complexity index is 606. The minimum absolute atomic E-state index is 0.0225. The van der Waals surface area contributed by atoms with Crippen LogP contribution in [0.1, 0.15) is 30.7 Å². The highest BCUT2D eigenvalue weighted by molar-refractivity contribution is 7.99. The van der Waals surface area contributed by atoms with Crippen molar-refractivity contribution < 1.29 is 23.8 Å². The zero-order valence-corrected chi connectivity index (χ0v) is 13.8. The van der Waals surface area contributed by atoms with Gasteiger partial charge in [0.2, 0.25) is 12.7 Å². The highest BCUT2D eigenvalue weighted by Crippen LogP contribution is 2.42. The van der Waals surface area contributed by atoms with Gasteiger partial charge in [-0.3, -0.25) is 9.59 Å². The molecule has 0 aliphatic carbocycles. The molecule has 0 bridgehead atoms. The molecule has 7 heteroatoms. The molecule has 1 fully saturated rings. The van der Waals surface area contributed by atoms with Crippen molar-refractivity contribution in [2.45, 2.75) is 25.1 Å². The van der Waals surface area contributed by atoms with E-state index in [1.165, 1.54) is 0 Å². The molecule has 1 aromatic carbocycles. The SMILES string of the molecule is CCOC(=O)CCC(=O)N1CCS[C@@H]1c1ccc2c(c1)OCO2. The third-order valence-electron chi connectivity index (χ3n) is 3.74. The Hall–Kier alpha value is -1.89. The van der Waals surface area contributed by atoms with E-state index in [1.54, 1.807) is 18.7 Å². The van der Waals surface area contributed by atoms with Crippen LogP contribution >= 0.6 is 11.8 Å². The van der Waals surface area contributed by atoms with Crippen LogP contribution in [-0.4, -0.2) is 42.5 Å². The summed E-state index contributed by atoms with van der Waals surface area (Å²) in [5.74, 6) is 1.98. The van der Waals surface area contributed by atoms with E-state index in [-0.39, 0.29) is 36.9 Å². The molecule has 0 spiro atoms. The molecule has 1 atom stereocenters. The average molecular weight is 337 g/mol. The summed E-state index contributed by atoms with van der Waals surface area (Å²) in [7, 11) is 0. The maximum absolute atomic E-state index is 12.4. The Morgan fingerprint density at radius 2 is 2.13 bits per heavy atom. The molecule has 2 aliphatic heterocycles. The average Bonchev–Trinajstić information content (AvgIpc) is 3.20. The number of ether oxygens (including phenoxy) is 3. The largest absolute Gasteiger partial charge is 0.466 e. The lowest BCUT2D eigenvalue weighted by Gasteiger charge is -2.24. The van der Waals surface area contributed by atoms with Gasteiger partial charge in [-0.2, -0.15) is 0 Å². The first kappa shape index (κ1) is 16.0. The fourth-order valence-electron chi connectivity index (χ4n) is 2.65. The van der Waals surface area contributed by atoms with E-state index in [9.17, 15) is 9.59 Å². The molecule has 0 unspecified atom stereocenters. The third-order valence-corrected chi connectivity index (χ3v) is 5.00. The molecule has 124 valence electrons. The lowest BCUT2D eigenvalue weighted by Crippen LogP contribution is -2.30. The van der Waals surface area contributed by atoms with Crippen molar-refractivity contribution >= 4 is 23.6 Å². The number of thioether (sulfide) groups is 1. The predicted molar refractivity (Wildman–Crippen MR) is 85.3 cm³/mol. The Morgan fingerprint density at radius 3 is 2.96 bits per heavy atom. The van der Waals surface area contributed by atoms with Crippen LogP contribution in [0.15, 0.2) is 18.2 Å². The lowest BCUT2D eigenvalue weighted by molar-refractivity contribution is -0.145. The van der Waals surface area contributed by atoms with Crippen molar-refractivity contribution in [3.8, 4) is 11.5 Å². The number of carbonyl (C=O) groups excluding carboxylic acids is 2. The van der Waals surface area contributed by atoms with E-state index >= 15 is 0 Å². The first-order valence-corrected chi connectivity index (χ1v) is 8.70. The van der Waals surface area contributed by atoms with Gasteiger partial charge in [0.05, 0.1) is 13.0 Å². The van der Waals surface area contributed by atoms with Gasteiger partial charge in [-0.1, -0.05) is 6.07 Å². The van der Waals surface area contributed by atoms with Gasteiger partial charge in [-0.05, 0) is 24.6 Å². The third kappa shape index (κ3) is 3.55. The number of rotatable bonds is 5. The van der Waals surface area contributed by atoms with Crippen LogP contribution < -0.4 is 9.47 Å². The van der Waals surface area contributed by atoms with Crippen LogP contribution in [0, 0.1) is 0 Å². The fourth-order valence-corrected chi connectivity index (χ4v) is 3.92. The summed E-state index contributed by atoms with van der Waals surface area (Å²) in [5, 5.41) is -0.0424. The molecule has 2 aliphatic rings. The highest BCUT2D eigenvalue weighted by atomic mass is 32.2.